The van der Waals surface area contributed by atoms with E-state index >= 15 is 0 Å². The molecule has 0 aliphatic carbocycles. The number of hydrogen-bond acceptors (Lipinski definition) is 2. The Labute approximate surface area is 122 Å². The van der Waals surface area contributed by atoms with Crippen LogP contribution in [0, 0.1) is 0 Å². The summed E-state index contributed by atoms with van der Waals surface area (Å²) in [5.74, 6) is 0. The number of nitrogens with one attached hydrogen (secondary N) is 1. The highest BCUT2D eigenvalue weighted by Gasteiger charge is 2.32. The topological polar surface area (TPSA) is 24.9 Å². The van der Waals surface area contributed by atoms with Gasteiger partial charge in [0.15, 0.2) is 0 Å². The normalized spacial score (nSPS) is 23.1. The summed E-state index contributed by atoms with van der Waals surface area (Å²) in [6.07, 6.45) is 6.70. The molecule has 1 fully saturated rings. The molecule has 2 nitrogen and oxygen atoms in total. The molecule has 1 aliphatic heterocycles. The molecular weight excluding hydrogens is 300 g/mol. The Balaban J connectivity index is 2.03. The molecule has 1 unspecified atom stereocenters. The van der Waals surface area contributed by atoms with Crippen LogP contribution in [0.4, 0.5) is 0 Å². The second kappa shape index (κ2) is 5.22. The predicted octanol–water partition coefficient (Wildman–Crippen LogP) is 4.07. The Morgan fingerprint density at radius 1 is 1.37 bits per heavy atom. The van der Waals surface area contributed by atoms with Gasteiger partial charge in [0.1, 0.15) is 0 Å². The van der Waals surface area contributed by atoms with Crippen molar-refractivity contribution in [1.82, 2.24) is 10.3 Å². The smallest absolute Gasteiger partial charge is 0.0745 e. The lowest BCUT2D eigenvalue weighted by molar-refractivity contribution is 0.360. The molecular formula is C16H19BrN2. The van der Waals surface area contributed by atoms with Gasteiger partial charge >= 0.3 is 0 Å². The summed E-state index contributed by atoms with van der Waals surface area (Å²) in [6, 6.07) is 8.51. The largest absolute Gasteiger partial charge is 0.311 e. The molecule has 0 bridgehead atoms. The highest BCUT2D eigenvalue weighted by atomic mass is 79.9. The molecule has 0 saturated carbocycles. The van der Waals surface area contributed by atoms with Crippen LogP contribution in [0.5, 0.6) is 0 Å². The minimum absolute atomic E-state index is 0.276. The van der Waals surface area contributed by atoms with Gasteiger partial charge in [0.05, 0.1) is 5.52 Å². The molecule has 1 atom stereocenters. The maximum absolute atomic E-state index is 4.59. The number of pyridine rings is 1. The average molecular weight is 319 g/mol. The summed E-state index contributed by atoms with van der Waals surface area (Å²) in [5, 5.41) is 4.92. The quantitative estimate of drug-likeness (QED) is 0.922. The Morgan fingerprint density at radius 2 is 2.26 bits per heavy atom. The van der Waals surface area contributed by atoms with Crippen LogP contribution in [-0.4, -0.2) is 17.1 Å². The fraction of sp³-hybridized carbons (Fsp3) is 0.438. The van der Waals surface area contributed by atoms with Crippen LogP contribution in [0.15, 0.2) is 34.9 Å². The second-order valence-electron chi connectivity index (χ2n) is 5.45. The number of hydrogen-bond donors (Lipinski definition) is 1. The Hall–Kier alpha value is -0.930. The van der Waals surface area contributed by atoms with E-state index in [2.05, 4.69) is 51.4 Å². The van der Waals surface area contributed by atoms with E-state index in [-0.39, 0.29) is 5.54 Å². The van der Waals surface area contributed by atoms with E-state index in [0.717, 1.165) is 23.0 Å². The number of rotatable bonds is 3. The van der Waals surface area contributed by atoms with E-state index in [9.17, 15) is 0 Å². The first kappa shape index (κ1) is 13.1. The highest BCUT2D eigenvalue weighted by molar-refractivity contribution is 9.10. The van der Waals surface area contributed by atoms with E-state index in [1.165, 1.54) is 30.2 Å². The van der Waals surface area contributed by atoms with E-state index in [0.29, 0.717) is 0 Å². The van der Waals surface area contributed by atoms with Crippen molar-refractivity contribution < 1.29 is 0 Å². The van der Waals surface area contributed by atoms with Crippen molar-refractivity contribution in [3.63, 3.8) is 0 Å². The van der Waals surface area contributed by atoms with Crippen molar-refractivity contribution >= 4 is 26.8 Å². The van der Waals surface area contributed by atoms with Gasteiger partial charge in [-0.2, -0.15) is 0 Å². The van der Waals surface area contributed by atoms with Crippen molar-refractivity contribution in [3.8, 4) is 0 Å². The minimum Gasteiger partial charge on any atom is -0.311 e. The molecule has 3 heteroatoms. The molecule has 1 N–H and O–H groups in total. The van der Waals surface area contributed by atoms with Crippen molar-refractivity contribution in [2.24, 2.45) is 0 Å². The lowest BCUT2D eigenvalue weighted by Gasteiger charge is -2.28. The van der Waals surface area contributed by atoms with E-state index in [1.807, 2.05) is 12.3 Å². The number of aromatic nitrogens is 1. The Bertz CT molecular complexity index is 588. The van der Waals surface area contributed by atoms with Crippen LogP contribution in [0.2, 0.25) is 0 Å². The summed E-state index contributed by atoms with van der Waals surface area (Å²) in [6.45, 7) is 3.43. The van der Waals surface area contributed by atoms with Crippen molar-refractivity contribution in [3.05, 3.63) is 40.5 Å². The average Bonchev–Trinajstić information content (AvgIpc) is 2.92. The summed E-state index contributed by atoms with van der Waals surface area (Å²) < 4.78 is 1.13. The van der Waals surface area contributed by atoms with Gasteiger partial charge in [-0.3, -0.25) is 4.98 Å². The number of fused-ring (bicyclic) bond motifs is 1. The molecule has 100 valence electrons. The Morgan fingerprint density at radius 3 is 3.00 bits per heavy atom. The van der Waals surface area contributed by atoms with Gasteiger partial charge in [0, 0.05) is 21.6 Å². The van der Waals surface area contributed by atoms with Gasteiger partial charge in [0.25, 0.3) is 0 Å². The summed E-state index contributed by atoms with van der Waals surface area (Å²) in [5.41, 5.74) is 2.77. The SMILES string of the molecule is CCC1(Cc2ccc(Br)c3cccnc23)CCCN1. The van der Waals surface area contributed by atoms with Crippen molar-refractivity contribution in [1.29, 1.82) is 0 Å². The van der Waals surface area contributed by atoms with Crippen molar-refractivity contribution in [2.75, 3.05) is 6.54 Å². The third-order valence-electron chi connectivity index (χ3n) is 4.34. The van der Waals surface area contributed by atoms with Crippen LogP contribution >= 0.6 is 15.9 Å². The third kappa shape index (κ3) is 2.41. The zero-order valence-electron chi connectivity index (χ0n) is 11.2. The summed E-state index contributed by atoms with van der Waals surface area (Å²) in [7, 11) is 0. The van der Waals surface area contributed by atoms with Gasteiger partial charge < -0.3 is 5.32 Å². The van der Waals surface area contributed by atoms with Crippen molar-refractivity contribution in [2.45, 2.75) is 38.1 Å². The van der Waals surface area contributed by atoms with Crippen LogP contribution < -0.4 is 5.32 Å². The van der Waals surface area contributed by atoms with Crippen LogP contribution in [0.1, 0.15) is 31.7 Å². The molecule has 1 aliphatic rings. The number of nitrogens with zero attached hydrogens (tertiary/aromatic N) is 1. The summed E-state index contributed by atoms with van der Waals surface area (Å²) in [4.78, 5) is 4.59. The lowest BCUT2D eigenvalue weighted by atomic mass is 9.86. The maximum atomic E-state index is 4.59. The zero-order valence-corrected chi connectivity index (χ0v) is 12.8. The Kier molecular flexibility index (Phi) is 3.59. The minimum atomic E-state index is 0.276. The second-order valence-corrected chi connectivity index (χ2v) is 6.30. The fourth-order valence-electron chi connectivity index (χ4n) is 3.15. The van der Waals surface area contributed by atoms with E-state index < -0.39 is 0 Å². The first-order valence-electron chi connectivity index (χ1n) is 7.01. The van der Waals surface area contributed by atoms with Gasteiger partial charge in [-0.15, -0.1) is 0 Å². The molecule has 0 radical (unpaired) electrons. The molecule has 2 aromatic rings. The van der Waals surface area contributed by atoms with Gasteiger partial charge in [-0.25, -0.2) is 0 Å². The molecule has 1 aromatic carbocycles. The van der Waals surface area contributed by atoms with Crippen LogP contribution in [-0.2, 0) is 6.42 Å². The van der Waals surface area contributed by atoms with Crippen LogP contribution in [0.25, 0.3) is 10.9 Å². The molecule has 1 saturated heterocycles. The first-order chi connectivity index (χ1) is 9.24. The lowest BCUT2D eigenvalue weighted by Crippen LogP contribution is -2.41. The predicted molar refractivity (Wildman–Crippen MR) is 83.4 cm³/mol. The van der Waals surface area contributed by atoms with E-state index in [1.54, 1.807) is 0 Å². The molecule has 0 spiro atoms. The monoisotopic (exact) mass is 318 g/mol. The first-order valence-corrected chi connectivity index (χ1v) is 7.80. The molecule has 2 heterocycles. The molecule has 3 rings (SSSR count). The molecule has 0 amide bonds. The summed E-state index contributed by atoms with van der Waals surface area (Å²) >= 11 is 3.62. The molecule has 19 heavy (non-hydrogen) atoms. The zero-order chi connectivity index (χ0) is 13.3. The number of halogens is 1. The number of benzene rings is 1. The fourth-order valence-corrected chi connectivity index (χ4v) is 3.60. The van der Waals surface area contributed by atoms with Gasteiger partial charge in [-0.1, -0.05) is 35.0 Å². The highest BCUT2D eigenvalue weighted by Crippen LogP contribution is 2.32. The molecule has 1 aromatic heterocycles. The van der Waals surface area contributed by atoms with Gasteiger partial charge in [0.2, 0.25) is 0 Å². The standard InChI is InChI=1S/C16H19BrN2/c1-2-16(8-4-10-19-16)11-12-6-7-14(17)13-5-3-9-18-15(12)13/h3,5-7,9,19H,2,4,8,10-11H2,1H3. The maximum Gasteiger partial charge on any atom is 0.0745 e. The van der Waals surface area contributed by atoms with E-state index in [4.69, 9.17) is 0 Å². The van der Waals surface area contributed by atoms with Crippen LogP contribution in [0.3, 0.4) is 0 Å². The van der Waals surface area contributed by atoms with Gasteiger partial charge in [-0.05, 0) is 49.9 Å². The third-order valence-corrected chi connectivity index (χ3v) is 5.03.